The number of nitrogens with zero attached hydrogens (tertiary/aromatic N) is 1. The SMILES string of the molecule is CN(C)c1ccc(C(=O)NCC2(CCN)CC2)cc1. The Hall–Kier alpha value is -1.55. The normalized spacial score (nSPS) is 15.9. The highest BCUT2D eigenvalue weighted by molar-refractivity contribution is 5.94. The highest BCUT2D eigenvalue weighted by atomic mass is 16.1. The number of hydrogen-bond acceptors (Lipinski definition) is 3. The molecule has 1 amide bonds. The first-order valence-corrected chi connectivity index (χ1v) is 6.82. The Morgan fingerprint density at radius 2 is 1.95 bits per heavy atom. The Labute approximate surface area is 115 Å². The van der Waals surface area contributed by atoms with E-state index in [9.17, 15) is 4.79 Å². The van der Waals surface area contributed by atoms with Crippen molar-refractivity contribution in [3.63, 3.8) is 0 Å². The molecule has 0 unspecified atom stereocenters. The van der Waals surface area contributed by atoms with Crippen molar-refractivity contribution in [1.82, 2.24) is 5.32 Å². The summed E-state index contributed by atoms with van der Waals surface area (Å²) in [4.78, 5) is 14.1. The summed E-state index contributed by atoms with van der Waals surface area (Å²) in [7, 11) is 3.97. The van der Waals surface area contributed by atoms with Gasteiger partial charge in [-0.05, 0) is 55.5 Å². The van der Waals surface area contributed by atoms with Crippen LogP contribution >= 0.6 is 0 Å². The monoisotopic (exact) mass is 261 g/mol. The molecule has 3 N–H and O–H groups in total. The molecule has 1 aliphatic carbocycles. The Kier molecular flexibility index (Phi) is 4.10. The van der Waals surface area contributed by atoms with Crippen molar-refractivity contribution >= 4 is 11.6 Å². The fourth-order valence-electron chi connectivity index (χ4n) is 2.28. The second-order valence-electron chi connectivity index (χ2n) is 5.66. The van der Waals surface area contributed by atoms with Gasteiger partial charge in [-0.2, -0.15) is 0 Å². The Balaban J connectivity index is 1.89. The van der Waals surface area contributed by atoms with Gasteiger partial charge in [-0.3, -0.25) is 4.79 Å². The molecule has 1 aliphatic rings. The lowest BCUT2D eigenvalue weighted by atomic mass is 10.0. The van der Waals surface area contributed by atoms with Gasteiger partial charge in [0.2, 0.25) is 0 Å². The molecule has 0 aromatic heterocycles. The van der Waals surface area contributed by atoms with Gasteiger partial charge in [-0.25, -0.2) is 0 Å². The number of carbonyl (C=O) groups excluding carboxylic acids is 1. The number of nitrogens with two attached hydrogens (primary N) is 1. The minimum atomic E-state index is 0.00797. The average molecular weight is 261 g/mol. The molecule has 4 heteroatoms. The van der Waals surface area contributed by atoms with Crippen LogP contribution in [-0.2, 0) is 0 Å². The summed E-state index contributed by atoms with van der Waals surface area (Å²) in [5, 5.41) is 3.03. The summed E-state index contributed by atoms with van der Waals surface area (Å²) in [6.45, 7) is 1.45. The summed E-state index contributed by atoms with van der Waals surface area (Å²) < 4.78 is 0. The van der Waals surface area contributed by atoms with E-state index in [1.165, 1.54) is 12.8 Å². The van der Waals surface area contributed by atoms with Crippen LogP contribution in [0, 0.1) is 5.41 Å². The van der Waals surface area contributed by atoms with Crippen LogP contribution in [0.5, 0.6) is 0 Å². The van der Waals surface area contributed by atoms with Gasteiger partial charge >= 0.3 is 0 Å². The van der Waals surface area contributed by atoms with E-state index in [0.29, 0.717) is 12.1 Å². The first kappa shape index (κ1) is 13.9. The molecule has 1 fully saturated rings. The highest BCUT2D eigenvalue weighted by Crippen LogP contribution is 2.47. The number of nitrogens with one attached hydrogen (secondary N) is 1. The van der Waals surface area contributed by atoms with Crippen LogP contribution in [0.3, 0.4) is 0 Å². The molecule has 1 aromatic rings. The van der Waals surface area contributed by atoms with E-state index in [-0.39, 0.29) is 11.3 Å². The number of benzene rings is 1. The van der Waals surface area contributed by atoms with Crippen LogP contribution < -0.4 is 16.0 Å². The third kappa shape index (κ3) is 3.47. The van der Waals surface area contributed by atoms with Crippen molar-refractivity contribution in [3.8, 4) is 0 Å². The smallest absolute Gasteiger partial charge is 0.251 e. The molecule has 0 heterocycles. The summed E-state index contributed by atoms with van der Waals surface area (Å²) >= 11 is 0. The minimum Gasteiger partial charge on any atom is -0.378 e. The van der Waals surface area contributed by atoms with E-state index in [0.717, 1.165) is 18.7 Å². The van der Waals surface area contributed by atoms with Crippen molar-refractivity contribution in [1.29, 1.82) is 0 Å². The van der Waals surface area contributed by atoms with Crippen molar-refractivity contribution in [2.24, 2.45) is 11.1 Å². The zero-order chi connectivity index (χ0) is 13.9. The third-order valence-corrected chi connectivity index (χ3v) is 3.90. The van der Waals surface area contributed by atoms with E-state index >= 15 is 0 Å². The van der Waals surface area contributed by atoms with Gasteiger partial charge in [-0.1, -0.05) is 0 Å². The zero-order valence-corrected chi connectivity index (χ0v) is 11.8. The van der Waals surface area contributed by atoms with Gasteiger partial charge in [0.25, 0.3) is 5.91 Å². The number of carbonyl (C=O) groups is 1. The summed E-state index contributed by atoms with van der Waals surface area (Å²) in [6, 6.07) is 7.66. The summed E-state index contributed by atoms with van der Waals surface area (Å²) in [5.74, 6) is 0.00797. The molecule has 4 nitrogen and oxygen atoms in total. The lowest BCUT2D eigenvalue weighted by Crippen LogP contribution is -2.31. The standard InChI is InChI=1S/C15H23N3O/c1-18(2)13-5-3-12(4-6-13)14(19)17-11-15(7-8-15)9-10-16/h3-6H,7-11,16H2,1-2H3,(H,17,19). The predicted molar refractivity (Wildman–Crippen MR) is 78.4 cm³/mol. The van der Waals surface area contributed by atoms with Gasteiger partial charge < -0.3 is 16.0 Å². The molecule has 104 valence electrons. The molecule has 0 radical (unpaired) electrons. The Morgan fingerprint density at radius 1 is 1.32 bits per heavy atom. The van der Waals surface area contributed by atoms with Crippen LogP contribution in [0.1, 0.15) is 29.6 Å². The minimum absolute atomic E-state index is 0.00797. The zero-order valence-electron chi connectivity index (χ0n) is 11.8. The largest absolute Gasteiger partial charge is 0.378 e. The predicted octanol–water partition coefficient (Wildman–Crippen LogP) is 1.61. The van der Waals surface area contributed by atoms with E-state index in [4.69, 9.17) is 5.73 Å². The number of rotatable bonds is 6. The van der Waals surface area contributed by atoms with E-state index in [1.54, 1.807) is 0 Å². The van der Waals surface area contributed by atoms with Gasteiger partial charge in [0, 0.05) is 31.9 Å². The van der Waals surface area contributed by atoms with Gasteiger partial charge in [0.15, 0.2) is 0 Å². The van der Waals surface area contributed by atoms with Crippen molar-refractivity contribution in [2.75, 3.05) is 32.1 Å². The molecule has 1 saturated carbocycles. The van der Waals surface area contributed by atoms with E-state index in [1.807, 2.05) is 43.3 Å². The maximum absolute atomic E-state index is 12.0. The fourth-order valence-corrected chi connectivity index (χ4v) is 2.28. The quantitative estimate of drug-likeness (QED) is 0.818. The molecule has 0 bridgehead atoms. The van der Waals surface area contributed by atoms with E-state index < -0.39 is 0 Å². The van der Waals surface area contributed by atoms with Crippen LogP contribution in [-0.4, -0.2) is 33.1 Å². The van der Waals surface area contributed by atoms with Crippen LogP contribution in [0.25, 0.3) is 0 Å². The molecule has 1 aromatic carbocycles. The van der Waals surface area contributed by atoms with E-state index in [2.05, 4.69) is 5.32 Å². The summed E-state index contributed by atoms with van der Waals surface area (Å²) in [6.07, 6.45) is 3.38. The van der Waals surface area contributed by atoms with Crippen molar-refractivity contribution < 1.29 is 4.79 Å². The molecule has 2 rings (SSSR count). The second-order valence-corrected chi connectivity index (χ2v) is 5.66. The van der Waals surface area contributed by atoms with Crippen molar-refractivity contribution in [2.45, 2.75) is 19.3 Å². The second kappa shape index (κ2) is 5.61. The van der Waals surface area contributed by atoms with Gasteiger partial charge in [-0.15, -0.1) is 0 Å². The molecule has 0 saturated heterocycles. The van der Waals surface area contributed by atoms with Gasteiger partial charge in [0.05, 0.1) is 0 Å². The maximum Gasteiger partial charge on any atom is 0.251 e. The summed E-state index contributed by atoms with van der Waals surface area (Å²) in [5.41, 5.74) is 7.70. The fraction of sp³-hybridized carbons (Fsp3) is 0.533. The lowest BCUT2D eigenvalue weighted by Gasteiger charge is -2.15. The van der Waals surface area contributed by atoms with Gasteiger partial charge in [0.1, 0.15) is 0 Å². The first-order valence-electron chi connectivity index (χ1n) is 6.82. The number of anilines is 1. The first-order chi connectivity index (χ1) is 9.06. The van der Waals surface area contributed by atoms with Crippen LogP contribution in [0.4, 0.5) is 5.69 Å². The molecular weight excluding hydrogens is 238 g/mol. The molecule has 0 spiro atoms. The molecule has 19 heavy (non-hydrogen) atoms. The average Bonchev–Trinajstić information content (AvgIpc) is 3.17. The number of amides is 1. The molecule has 0 aliphatic heterocycles. The van der Waals surface area contributed by atoms with Crippen LogP contribution in [0.15, 0.2) is 24.3 Å². The molecule has 0 atom stereocenters. The number of hydrogen-bond donors (Lipinski definition) is 2. The highest BCUT2D eigenvalue weighted by Gasteiger charge is 2.41. The topological polar surface area (TPSA) is 58.4 Å². The lowest BCUT2D eigenvalue weighted by molar-refractivity contribution is 0.0944. The third-order valence-electron chi connectivity index (χ3n) is 3.90. The maximum atomic E-state index is 12.0. The molecular formula is C15H23N3O. The Bertz CT molecular complexity index is 435. The van der Waals surface area contributed by atoms with Crippen LogP contribution in [0.2, 0.25) is 0 Å². The van der Waals surface area contributed by atoms with Crippen molar-refractivity contribution in [3.05, 3.63) is 29.8 Å². The Morgan fingerprint density at radius 3 is 2.42 bits per heavy atom.